The van der Waals surface area contributed by atoms with Gasteiger partial charge in [-0.15, -0.1) is 0 Å². The van der Waals surface area contributed by atoms with E-state index in [9.17, 15) is 9.59 Å². The molecule has 3 heteroatoms. The van der Waals surface area contributed by atoms with Crippen LogP contribution in [0, 0.1) is 34.5 Å². The number of Topliss-reactive ketones (excluding diaryl/α,β-unsaturated/α-hetero) is 1. The van der Waals surface area contributed by atoms with Gasteiger partial charge in [0.25, 0.3) is 0 Å². The van der Waals surface area contributed by atoms with Crippen molar-refractivity contribution in [3.63, 3.8) is 0 Å². The van der Waals surface area contributed by atoms with Gasteiger partial charge in [-0.3, -0.25) is 0 Å². The van der Waals surface area contributed by atoms with Crippen LogP contribution in [0.2, 0.25) is 3.48 Å². The summed E-state index contributed by atoms with van der Waals surface area (Å²) in [5.74, 6) is 3.38. The fourth-order valence-electron chi connectivity index (χ4n) is 7.35. The van der Waals surface area contributed by atoms with Gasteiger partial charge in [0, 0.05) is 0 Å². The molecule has 0 aliphatic heterocycles. The molecule has 7 atom stereocenters. The molecule has 4 rings (SSSR count). The SMILES string of the molecule is CC(=O)[C@H]1CC[C@H]2[C@@H]3CCC4=CC(=O)C[CH]([PbH])[C@]4(C)[C@H]3CC[C@]12C. The standard InChI is InChI=1S/C21H29O2.Pb.H/c1-13(22)17-6-7-18-16-5-4-14-12-15(23)8-10-20(14,2)19(16)9-11-21(17,18)3;;/h10,12,16-19H,4-9,11H2,1-3H3;;/t16-,17+,18-,19-,20-,21+;;/m0../s1. The van der Waals surface area contributed by atoms with E-state index in [1.165, 1.54) is 31.3 Å². The van der Waals surface area contributed by atoms with Crippen LogP contribution in [0.3, 0.4) is 0 Å². The molecular formula is C21H30O2Pb. The van der Waals surface area contributed by atoms with Crippen molar-refractivity contribution in [2.24, 2.45) is 34.5 Å². The fourth-order valence-corrected chi connectivity index (χ4v) is 10.1. The van der Waals surface area contributed by atoms with Crippen molar-refractivity contribution in [2.75, 3.05) is 0 Å². The zero-order valence-electron chi connectivity index (χ0n) is 15.3. The Hall–Kier alpha value is 0.00208. The van der Waals surface area contributed by atoms with Crippen molar-refractivity contribution >= 4 is 37.3 Å². The molecule has 24 heavy (non-hydrogen) atoms. The molecule has 3 saturated carbocycles. The van der Waals surface area contributed by atoms with Crippen molar-refractivity contribution in [1.82, 2.24) is 0 Å². The van der Waals surface area contributed by atoms with Gasteiger partial charge in [0.1, 0.15) is 0 Å². The number of hydrogen-bond acceptors (Lipinski definition) is 2. The first kappa shape index (κ1) is 17.4. The predicted molar refractivity (Wildman–Crippen MR) is 97.2 cm³/mol. The third-order valence-corrected chi connectivity index (χ3v) is 12.3. The van der Waals surface area contributed by atoms with Crippen LogP contribution in [-0.2, 0) is 9.59 Å². The number of carbonyl (C=O) groups is 2. The molecule has 2 radical (unpaired) electrons. The van der Waals surface area contributed by atoms with Gasteiger partial charge in [-0.2, -0.15) is 0 Å². The van der Waals surface area contributed by atoms with E-state index >= 15 is 0 Å². The molecule has 1 unspecified atom stereocenters. The van der Waals surface area contributed by atoms with Gasteiger partial charge in [0.05, 0.1) is 0 Å². The average Bonchev–Trinajstić information content (AvgIpc) is 2.86. The van der Waals surface area contributed by atoms with Crippen LogP contribution < -0.4 is 0 Å². The zero-order valence-corrected chi connectivity index (χ0v) is 19.8. The van der Waals surface area contributed by atoms with Crippen molar-refractivity contribution in [2.45, 2.75) is 69.2 Å². The molecule has 0 N–H and O–H groups in total. The average molecular weight is 522 g/mol. The van der Waals surface area contributed by atoms with Crippen LogP contribution in [0.5, 0.6) is 0 Å². The van der Waals surface area contributed by atoms with Gasteiger partial charge in [0.2, 0.25) is 0 Å². The van der Waals surface area contributed by atoms with Crippen molar-refractivity contribution < 1.29 is 9.59 Å². The van der Waals surface area contributed by atoms with Crippen molar-refractivity contribution in [3.8, 4) is 0 Å². The Balaban J connectivity index is 1.70. The Morgan fingerprint density at radius 2 is 1.92 bits per heavy atom. The molecule has 0 spiro atoms. The van der Waals surface area contributed by atoms with Crippen LogP contribution in [0.1, 0.15) is 65.7 Å². The first-order chi connectivity index (χ1) is 11.3. The van der Waals surface area contributed by atoms with E-state index in [1.54, 1.807) is 0 Å². The van der Waals surface area contributed by atoms with Crippen molar-refractivity contribution in [3.05, 3.63) is 11.6 Å². The Morgan fingerprint density at radius 1 is 1.17 bits per heavy atom. The number of allylic oxidation sites excluding steroid dienone is 1. The number of ketones is 2. The molecule has 3 fully saturated rings. The molecule has 2 nitrogen and oxygen atoms in total. The molecule has 0 amide bonds. The van der Waals surface area contributed by atoms with Crippen LogP contribution in [0.4, 0.5) is 0 Å². The topological polar surface area (TPSA) is 34.1 Å². The van der Waals surface area contributed by atoms with Gasteiger partial charge in [0.15, 0.2) is 0 Å². The first-order valence-corrected chi connectivity index (χ1v) is 12.4. The number of carbonyl (C=O) groups excluding carboxylic acids is 2. The summed E-state index contributed by atoms with van der Waals surface area (Å²) in [4.78, 5) is 24.3. The number of rotatable bonds is 1. The van der Waals surface area contributed by atoms with Crippen molar-refractivity contribution in [1.29, 1.82) is 0 Å². The second-order valence-corrected chi connectivity index (χ2v) is 12.6. The molecule has 130 valence electrons. The van der Waals surface area contributed by atoms with E-state index < -0.39 is 0 Å². The minimum atomic E-state index is 0.248. The third kappa shape index (κ3) is 2.23. The molecule has 0 bridgehead atoms. The third-order valence-electron chi connectivity index (χ3n) is 8.66. The fraction of sp³-hybridized carbons (Fsp3) is 0.810. The predicted octanol–water partition coefficient (Wildman–Crippen LogP) is 4.02. The first-order valence-electron chi connectivity index (χ1n) is 9.78. The van der Waals surface area contributed by atoms with Gasteiger partial charge in [-0.25, -0.2) is 0 Å². The normalized spacial score (nSPS) is 50.6. The molecule has 0 aromatic rings. The van der Waals surface area contributed by atoms with Crippen LogP contribution >= 0.6 is 0 Å². The molecule has 0 aromatic heterocycles. The Morgan fingerprint density at radius 3 is 2.62 bits per heavy atom. The second kappa shape index (κ2) is 5.75. The summed E-state index contributed by atoms with van der Waals surface area (Å²) in [6, 6.07) is 0. The summed E-state index contributed by atoms with van der Waals surface area (Å²) in [7, 11) is 0. The summed E-state index contributed by atoms with van der Waals surface area (Å²) in [6.07, 6.45) is 10.1. The van der Waals surface area contributed by atoms with Gasteiger partial charge in [-0.05, 0) is 0 Å². The quantitative estimate of drug-likeness (QED) is 0.489. The molecule has 0 heterocycles. The van der Waals surface area contributed by atoms with Crippen LogP contribution in [0.25, 0.3) is 0 Å². The van der Waals surface area contributed by atoms with Crippen LogP contribution in [0.15, 0.2) is 11.6 Å². The molecular weight excluding hydrogens is 491 g/mol. The Bertz CT molecular complexity index is 623. The maximum atomic E-state index is 12.2. The van der Waals surface area contributed by atoms with E-state index in [0.29, 0.717) is 21.0 Å². The van der Waals surface area contributed by atoms with E-state index in [0.717, 1.165) is 62.8 Å². The summed E-state index contributed by atoms with van der Waals surface area (Å²) in [6.45, 7) is 6.73. The summed E-state index contributed by atoms with van der Waals surface area (Å²) in [5, 5.41) is 0. The van der Waals surface area contributed by atoms with E-state index in [4.69, 9.17) is 0 Å². The maximum absolute atomic E-state index is 12.2. The summed E-state index contributed by atoms with van der Waals surface area (Å²) in [5.41, 5.74) is 2.02. The number of hydrogen-bond donors (Lipinski definition) is 0. The summed E-state index contributed by atoms with van der Waals surface area (Å²) >= 11 is 0.883. The van der Waals surface area contributed by atoms with Gasteiger partial charge >= 0.3 is 162 Å². The molecule has 0 aromatic carbocycles. The van der Waals surface area contributed by atoms with E-state index in [-0.39, 0.29) is 10.8 Å². The minimum absolute atomic E-state index is 0.248. The van der Waals surface area contributed by atoms with E-state index in [1.807, 2.05) is 13.0 Å². The molecule has 0 saturated heterocycles. The molecule has 4 aliphatic carbocycles. The van der Waals surface area contributed by atoms with Crippen LogP contribution in [-0.4, -0.2) is 37.3 Å². The number of fused-ring (bicyclic) bond motifs is 5. The second-order valence-electron chi connectivity index (χ2n) is 9.43. The molecule has 4 aliphatic rings. The zero-order chi connectivity index (χ0) is 17.3. The van der Waals surface area contributed by atoms with Gasteiger partial charge < -0.3 is 0 Å². The van der Waals surface area contributed by atoms with Gasteiger partial charge in [-0.1, -0.05) is 0 Å². The summed E-state index contributed by atoms with van der Waals surface area (Å²) < 4.78 is 0.632. The van der Waals surface area contributed by atoms with E-state index in [2.05, 4.69) is 13.8 Å². The monoisotopic (exact) mass is 522 g/mol. The Labute approximate surface area is 161 Å². The Kier molecular flexibility index (Phi) is 4.17.